The molecule has 6 heteroatoms. The second-order valence-electron chi connectivity index (χ2n) is 4.52. The van der Waals surface area contributed by atoms with Crippen molar-refractivity contribution < 1.29 is 4.74 Å². The fourth-order valence-electron chi connectivity index (χ4n) is 2.14. The molecule has 0 amide bonds. The van der Waals surface area contributed by atoms with E-state index in [1.54, 1.807) is 13.2 Å². The van der Waals surface area contributed by atoms with E-state index in [4.69, 9.17) is 16.3 Å². The van der Waals surface area contributed by atoms with E-state index in [-0.39, 0.29) is 0 Å². The molecule has 0 aliphatic carbocycles. The Hall–Kier alpha value is -1.07. The summed E-state index contributed by atoms with van der Waals surface area (Å²) < 4.78 is 5.37. The highest BCUT2D eigenvalue weighted by molar-refractivity contribution is 6.32. The molecular formula is C12H19ClN4O. The predicted molar refractivity (Wildman–Crippen MR) is 73.2 cm³/mol. The molecule has 1 fully saturated rings. The molecule has 100 valence electrons. The van der Waals surface area contributed by atoms with Crippen LogP contribution in [0.3, 0.4) is 0 Å². The molecule has 1 aliphatic rings. The van der Waals surface area contributed by atoms with Crippen LogP contribution < -0.4 is 10.6 Å². The first kappa shape index (κ1) is 13.4. The van der Waals surface area contributed by atoms with Crippen LogP contribution in [0, 0.1) is 5.92 Å². The average molecular weight is 271 g/mol. The number of ether oxygens (including phenoxy) is 1. The molecule has 1 saturated heterocycles. The molecule has 0 aromatic carbocycles. The summed E-state index contributed by atoms with van der Waals surface area (Å²) in [6.45, 7) is 3.85. The molecule has 2 N–H and O–H groups in total. The number of nitrogens with one attached hydrogen (secondary N) is 2. The molecule has 0 radical (unpaired) electrons. The predicted octanol–water partition coefficient (Wildman–Crippen LogP) is 2.40. The third-order valence-corrected chi connectivity index (χ3v) is 3.58. The maximum Gasteiger partial charge on any atom is 0.224 e. The van der Waals surface area contributed by atoms with Crippen LogP contribution in [0.4, 0.5) is 11.8 Å². The van der Waals surface area contributed by atoms with Gasteiger partial charge in [0.15, 0.2) is 5.82 Å². The van der Waals surface area contributed by atoms with E-state index in [1.807, 2.05) is 0 Å². The van der Waals surface area contributed by atoms with E-state index < -0.39 is 0 Å². The van der Waals surface area contributed by atoms with E-state index in [0.29, 0.717) is 28.7 Å². The van der Waals surface area contributed by atoms with Crippen LogP contribution in [0.15, 0.2) is 6.20 Å². The Kier molecular flexibility index (Phi) is 4.60. The summed E-state index contributed by atoms with van der Waals surface area (Å²) in [4.78, 5) is 8.39. The molecule has 1 aromatic heterocycles. The Morgan fingerprint density at radius 1 is 1.44 bits per heavy atom. The van der Waals surface area contributed by atoms with Gasteiger partial charge in [-0.3, -0.25) is 0 Å². The van der Waals surface area contributed by atoms with Crippen LogP contribution in [0.5, 0.6) is 0 Å². The van der Waals surface area contributed by atoms with Crippen LogP contribution in [0.1, 0.15) is 19.8 Å². The van der Waals surface area contributed by atoms with Gasteiger partial charge in [0.05, 0.1) is 6.20 Å². The maximum atomic E-state index is 6.10. The number of nitrogens with zero attached hydrogens (tertiary/aromatic N) is 2. The minimum absolute atomic E-state index is 0.325. The van der Waals surface area contributed by atoms with Gasteiger partial charge in [-0.15, -0.1) is 0 Å². The third-order valence-electron chi connectivity index (χ3n) is 3.31. The fraction of sp³-hybridized carbons (Fsp3) is 0.667. The van der Waals surface area contributed by atoms with E-state index in [9.17, 15) is 0 Å². The first-order valence-corrected chi connectivity index (χ1v) is 6.63. The molecule has 0 bridgehead atoms. The molecule has 0 spiro atoms. The molecule has 0 saturated carbocycles. The van der Waals surface area contributed by atoms with E-state index >= 15 is 0 Å². The van der Waals surface area contributed by atoms with Gasteiger partial charge in [-0.1, -0.05) is 11.6 Å². The highest BCUT2D eigenvalue weighted by Crippen LogP contribution is 2.25. The summed E-state index contributed by atoms with van der Waals surface area (Å²) in [5, 5.41) is 6.83. The van der Waals surface area contributed by atoms with E-state index in [1.165, 1.54) is 0 Å². The van der Waals surface area contributed by atoms with Gasteiger partial charge in [-0.25, -0.2) is 4.98 Å². The van der Waals surface area contributed by atoms with Gasteiger partial charge >= 0.3 is 0 Å². The Balaban J connectivity index is 2.03. The normalized spacial score (nSPS) is 18.4. The van der Waals surface area contributed by atoms with Crippen LogP contribution in [-0.2, 0) is 4.74 Å². The topological polar surface area (TPSA) is 59.1 Å². The smallest absolute Gasteiger partial charge is 0.224 e. The fourth-order valence-corrected chi connectivity index (χ4v) is 2.28. The summed E-state index contributed by atoms with van der Waals surface area (Å²) in [5.41, 5.74) is 0. The second-order valence-corrected chi connectivity index (χ2v) is 4.93. The van der Waals surface area contributed by atoms with E-state index in [0.717, 1.165) is 26.1 Å². The third kappa shape index (κ3) is 3.23. The summed E-state index contributed by atoms with van der Waals surface area (Å²) >= 11 is 6.10. The van der Waals surface area contributed by atoms with Gasteiger partial charge < -0.3 is 15.4 Å². The lowest BCUT2D eigenvalue weighted by Gasteiger charge is -2.28. The molecule has 1 aliphatic heterocycles. The van der Waals surface area contributed by atoms with Gasteiger partial charge in [-0.2, -0.15) is 4.98 Å². The summed E-state index contributed by atoms with van der Waals surface area (Å²) in [7, 11) is 1.79. The molecule has 1 atom stereocenters. The molecule has 5 nitrogen and oxygen atoms in total. The largest absolute Gasteiger partial charge is 0.381 e. The van der Waals surface area contributed by atoms with Crippen LogP contribution in [0.2, 0.25) is 5.02 Å². The Bertz CT molecular complexity index is 396. The Morgan fingerprint density at radius 2 is 2.17 bits per heavy atom. The molecule has 1 aromatic rings. The highest BCUT2D eigenvalue weighted by Gasteiger charge is 2.21. The minimum atomic E-state index is 0.325. The molecule has 2 heterocycles. The number of hydrogen-bond donors (Lipinski definition) is 2. The van der Waals surface area contributed by atoms with Crippen LogP contribution in [-0.4, -0.2) is 36.3 Å². The summed E-state index contributed by atoms with van der Waals surface area (Å²) in [6.07, 6.45) is 3.77. The molecule has 2 rings (SSSR count). The standard InChI is InChI=1S/C12H19ClN4O/c1-8(9-3-5-18-6-4-9)16-11-10(13)7-15-12(14-2)17-11/h7-9H,3-6H2,1-2H3,(H2,14,15,16,17). The van der Waals surface area contributed by atoms with Crippen molar-refractivity contribution in [3.63, 3.8) is 0 Å². The number of halogens is 1. The molecule has 1 unspecified atom stereocenters. The average Bonchev–Trinajstić information content (AvgIpc) is 2.42. The number of hydrogen-bond acceptors (Lipinski definition) is 5. The van der Waals surface area contributed by atoms with Gasteiger partial charge in [0.25, 0.3) is 0 Å². The van der Waals surface area contributed by atoms with Gasteiger partial charge in [0, 0.05) is 26.3 Å². The number of rotatable bonds is 4. The second kappa shape index (κ2) is 6.20. The van der Waals surface area contributed by atoms with Crippen molar-refractivity contribution in [2.45, 2.75) is 25.8 Å². The van der Waals surface area contributed by atoms with Crippen molar-refractivity contribution >= 4 is 23.4 Å². The van der Waals surface area contributed by atoms with Crippen molar-refractivity contribution in [1.29, 1.82) is 0 Å². The van der Waals surface area contributed by atoms with Crippen molar-refractivity contribution in [2.75, 3.05) is 30.9 Å². The Morgan fingerprint density at radius 3 is 2.83 bits per heavy atom. The summed E-state index contributed by atoms with van der Waals surface area (Å²) in [6, 6.07) is 0.325. The number of aromatic nitrogens is 2. The zero-order valence-electron chi connectivity index (χ0n) is 10.7. The van der Waals surface area contributed by atoms with Gasteiger partial charge in [0.2, 0.25) is 5.95 Å². The van der Waals surface area contributed by atoms with E-state index in [2.05, 4.69) is 27.5 Å². The zero-order chi connectivity index (χ0) is 13.0. The molecular weight excluding hydrogens is 252 g/mol. The minimum Gasteiger partial charge on any atom is -0.381 e. The lowest BCUT2D eigenvalue weighted by atomic mass is 9.93. The monoisotopic (exact) mass is 270 g/mol. The lowest BCUT2D eigenvalue weighted by Crippen LogP contribution is -2.31. The van der Waals surface area contributed by atoms with Crippen molar-refractivity contribution in [1.82, 2.24) is 9.97 Å². The van der Waals surface area contributed by atoms with Crippen molar-refractivity contribution in [2.24, 2.45) is 5.92 Å². The summed E-state index contributed by atoms with van der Waals surface area (Å²) in [5.74, 6) is 1.86. The lowest BCUT2D eigenvalue weighted by molar-refractivity contribution is 0.0622. The van der Waals surface area contributed by atoms with Gasteiger partial charge in [0.1, 0.15) is 5.02 Å². The quantitative estimate of drug-likeness (QED) is 0.880. The zero-order valence-corrected chi connectivity index (χ0v) is 11.5. The van der Waals surface area contributed by atoms with Crippen molar-refractivity contribution in [3.8, 4) is 0 Å². The maximum absolute atomic E-state index is 6.10. The van der Waals surface area contributed by atoms with Crippen LogP contribution in [0.25, 0.3) is 0 Å². The van der Waals surface area contributed by atoms with Crippen LogP contribution >= 0.6 is 11.6 Å². The highest BCUT2D eigenvalue weighted by atomic mass is 35.5. The van der Waals surface area contributed by atoms with Crippen molar-refractivity contribution in [3.05, 3.63) is 11.2 Å². The first-order chi connectivity index (χ1) is 8.70. The first-order valence-electron chi connectivity index (χ1n) is 6.25. The molecule has 18 heavy (non-hydrogen) atoms. The van der Waals surface area contributed by atoms with Gasteiger partial charge in [-0.05, 0) is 25.7 Å². The Labute approximate surface area is 112 Å². The SMILES string of the molecule is CNc1ncc(Cl)c(NC(C)C2CCOCC2)n1. The number of anilines is 2.